The van der Waals surface area contributed by atoms with Gasteiger partial charge in [0.25, 0.3) is 0 Å². The second-order valence-corrected chi connectivity index (χ2v) is 5.54. The van der Waals surface area contributed by atoms with Gasteiger partial charge < -0.3 is 5.32 Å². The van der Waals surface area contributed by atoms with E-state index in [1.54, 1.807) is 6.07 Å². The van der Waals surface area contributed by atoms with Gasteiger partial charge in [0.05, 0.1) is 5.02 Å². The summed E-state index contributed by atoms with van der Waals surface area (Å²) in [5.74, 6) is -0.184. The van der Waals surface area contributed by atoms with Gasteiger partial charge in [-0.15, -0.1) is 0 Å². The maximum atomic E-state index is 13.5. The van der Waals surface area contributed by atoms with Gasteiger partial charge in [0.15, 0.2) is 0 Å². The van der Waals surface area contributed by atoms with Gasteiger partial charge in [-0.05, 0) is 42.8 Å². The zero-order valence-corrected chi connectivity index (χ0v) is 12.7. The highest BCUT2D eigenvalue weighted by Crippen LogP contribution is 2.27. The van der Waals surface area contributed by atoms with Crippen LogP contribution in [0, 0.1) is 5.82 Å². The van der Waals surface area contributed by atoms with E-state index < -0.39 is 0 Å². The van der Waals surface area contributed by atoms with Crippen molar-refractivity contribution in [3.05, 3.63) is 69.5 Å². The molecule has 106 valence electrons. The highest BCUT2D eigenvalue weighted by atomic mass is 35.5. The lowest BCUT2D eigenvalue weighted by molar-refractivity contribution is 0.608. The van der Waals surface area contributed by atoms with Gasteiger partial charge in [0.2, 0.25) is 0 Å². The van der Waals surface area contributed by atoms with Crippen molar-refractivity contribution in [1.29, 1.82) is 0 Å². The molecule has 0 heterocycles. The Kier molecular flexibility index (Phi) is 5.41. The van der Waals surface area contributed by atoms with Crippen LogP contribution in [0.15, 0.2) is 42.5 Å². The number of halogens is 3. The van der Waals surface area contributed by atoms with Gasteiger partial charge in [-0.2, -0.15) is 0 Å². The summed E-state index contributed by atoms with van der Waals surface area (Å²) in [5.41, 5.74) is 1.93. The largest absolute Gasteiger partial charge is 0.319 e. The molecule has 1 unspecified atom stereocenters. The molecule has 2 rings (SSSR count). The molecule has 1 N–H and O–H groups in total. The van der Waals surface area contributed by atoms with Crippen LogP contribution < -0.4 is 5.32 Å². The van der Waals surface area contributed by atoms with Crippen LogP contribution in [0.1, 0.15) is 17.0 Å². The first-order chi connectivity index (χ1) is 9.61. The molecule has 0 radical (unpaired) electrons. The maximum absolute atomic E-state index is 13.5. The molecular weight excluding hydrogens is 296 g/mol. The van der Waals surface area contributed by atoms with Crippen LogP contribution in [0.25, 0.3) is 0 Å². The molecule has 0 bridgehead atoms. The first-order valence-corrected chi connectivity index (χ1v) is 7.20. The van der Waals surface area contributed by atoms with E-state index in [9.17, 15) is 4.39 Å². The van der Waals surface area contributed by atoms with Crippen LogP contribution in [0.5, 0.6) is 0 Å². The molecular formula is C16H16Cl2FN. The lowest BCUT2D eigenvalue weighted by Gasteiger charge is -2.18. The summed E-state index contributed by atoms with van der Waals surface area (Å²) in [7, 11) is 1.89. The van der Waals surface area contributed by atoms with E-state index in [0.717, 1.165) is 17.7 Å². The second-order valence-electron chi connectivity index (χ2n) is 4.73. The van der Waals surface area contributed by atoms with Crippen LogP contribution in [0.3, 0.4) is 0 Å². The summed E-state index contributed by atoms with van der Waals surface area (Å²) in [6.45, 7) is 0.771. The van der Waals surface area contributed by atoms with Crippen LogP contribution >= 0.6 is 23.2 Å². The Morgan fingerprint density at radius 2 is 1.90 bits per heavy atom. The van der Waals surface area contributed by atoms with E-state index in [1.807, 2.05) is 37.4 Å². The van der Waals surface area contributed by atoms with Gasteiger partial charge in [-0.3, -0.25) is 0 Å². The van der Waals surface area contributed by atoms with Crippen LogP contribution in [-0.4, -0.2) is 13.6 Å². The molecule has 1 atom stereocenters. The average Bonchev–Trinajstić information content (AvgIpc) is 2.43. The Labute approximate surface area is 128 Å². The third kappa shape index (κ3) is 3.72. The Morgan fingerprint density at radius 3 is 2.60 bits per heavy atom. The Bertz CT molecular complexity index is 586. The zero-order chi connectivity index (χ0) is 14.5. The molecule has 1 nitrogen and oxygen atoms in total. The lowest BCUT2D eigenvalue weighted by Crippen LogP contribution is -2.19. The molecule has 20 heavy (non-hydrogen) atoms. The molecule has 0 saturated heterocycles. The summed E-state index contributed by atoms with van der Waals surface area (Å²) >= 11 is 12.1. The minimum absolute atomic E-state index is 0.193. The zero-order valence-electron chi connectivity index (χ0n) is 11.2. The Balaban J connectivity index is 2.28. The van der Waals surface area contributed by atoms with Crippen LogP contribution in [-0.2, 0) is 6.42 Å². The van der Waals surface area contributed by atoms with E-state index in [2.05, 4.69) is 5.32 Å². The highest BCUT2D eigenvalue weighted by molar-refractivity contribution is 6.31. The predicted octanol–water partition coefficient (Wildman–Crippen LogP) is 4.68. The number of rotatable bonds is 5. The van der Waals surface area contributed by atoms with Gasteiger partial charge in [-0.1, -0.05) is 47.5 Å². The summed E-state index contributed by atoms with van der Waals surface area (Å²) < 4.78 is 13.5. The van der Waals surface area contributed by atoms with Crippen LogP contribution in [0.4, 0.5) is 4.39 Å². The molecule has 0 aliphatic carbocycles. The van der Waals surface area contributed by atoms with Crippen molar-refractivity contribution in [3.63, 3.8) is 0 Å². The molecule has 2 aromatic carbocycles. The molecule has 0 spiro atoms. The summed E-state index contributed by atoms with van der Waals surface area (Å²) in [4.78, 5) is 0. The number of likely N-dealkylation sites (N-methyl/N-ethyl adjacent to an activating group) is 1. The Morgan fingerprint density at radius 1 is 1.15 bits per heavy atom. The fourth-order valence-corrected chi connectivity index (χ4v) is 2.69. The third-order valence-electron chi connectivity index (χ3n) is 3.27. The van der Waals surface area contributed by atoms with Gasteiger partial charge in [0, 0.05) is 17.5 Å². The molecule has 0 fully saturated rings. The van der Waals surface area contributed by atoms with E-state index in [-0.39, 0.29) is 16.8 Å². The van der Waals surface area contributed by atoms with Gasteiger partial charge in [-0.25, -0.2) is 4.39 Å². The second kappa shape index (κ2) is 7.07. The molecule has 0 aliphatic rings. The van der Waals surface area contributed by atoms with E-state index in [4.69, 9.17) is 23.2 Å². The first kappa shape index (κ1) is 15.3. The molecule has 0 aliphatic heterocycles. The fourth-order valence-electron chi connectivity index (χ4n) is 2.29. The van der Waals surface area contributed by atoms with Crippen molar-refractivity contribution in [3.8, 4) is 0 Å². The average molecular weight is 312 g/mol. The van der Waals surface area contributed by atoms with Crippen molar-refractivity contribution >= 4 is 23.2 Å². The van der Waals surface area contributed by atoms with Crippen molar-refractivity contribution in [2.45, 2.75) is 12.3 Å². The minimum Gasteiger partial charge on any atom is -0.319 e. The third-order valence-corrected chi connectivity index (χ3v) is 3.93. The SMILES string of the molecule is CNCC(Cc1cccc(F)c1Cl)c1cccc(Cl)c1. The quantitative estimate of drug-likeness (QED) is 0.845. The summed E-state index contributed by atoms with van der Waals surface area (Å²) in [6, 6.07) is 12.7. The highest BCUT2D eigenvalue weighted by Gasteiger charge is 2.15. The van der Waals surface area contributed by atoms with Crippen molar-refractivity contribution in [2.75, 3.05) is 13.6 Å². The van der Waals surface area contributed by atoms with E-state index in [1.165, 1.54) is 6.07 Å². The summed E-state index contributed by atoms with van der Waals surface area (Å²) in [5, 5.41) is 4.07. The minimum atomic E-state index is -0.376. The van der Waals surface area contributed by atoms with Crippen molar-refractivity contribution < 1.29 is 4.39 Å². The Hall–Kier alpha value is -1.09. The lowest BCUT2D eigenvalue weighted by atomic mass is 9.92. The smallest absolute Gasteiger partial charge is 0.142 e. The molecule has 0 saturated carbocycles. The van der Waals surface area contributed by atoms with E-state index in [0.29, 0.717) is 11.4 Å². The van der Waals surface area contributed by atoms with E-state index >= 15 is 0 Å². The van der Waals surface area contributed by atoms with Crippen LogP contribution in [0.2, 0.25) is 10.0 Å². The fraction of sp³-hybridized carbons (Fsp3) is 0.250. The molecule has 4 heteroatoms. The van der Waals surface area contributed by atoms with Crippen molar-refractivity contribution in [1.82, 2.24) is 5.32 Å². The monoisotopic (exact) mass is 311 g/mol. The standard InChI is InChI=1S/C16H16Cl2FN/c1-20-10-13(11-4-2-6-14(17)9-11)8-12-5-3-7-15(19)16(12)18/h2-7,9,13,20H,8,10H2,1H3. The normalized spacial score (nSPS) is 12.4. The maximum Gasteiger partial charge on any atom is 0.142 e. The number of hydrogen-bond acceptors (Lipinski definition) is 1. The predicted molar refractivity (Wildman–Crippen MR) is 83.2 cm³/mol. The van der Waals surface area contributed by atoms with Gasteiger partial charge in [0.1, 0.15) is 5.82 Å². The number of benzene rings is 2. The van der Waals surface area contributed by atoms with Gasteiger partial charge >= 0.3 is 0 Å². The first-order valence-electron chi connectivity index (χ1n) is 6.44. The van der Waals surface area contributed by atoms with Crippen molar-refractivity contribution in [2.24, 2.45) is 0 Å². The molecule has 0 aromatic heterocycles. The number of nitrogens with one attached hydrogen (secondary N) is 1. The number of hydrogen-bond donors (Lipinski definition) is 1. The topological polar surface area (TPSA) is 12.0 Å². The summed E-state index contributed by atoms with van der Waals surface area (Å²) in [6.07, 6.45) is 0.664. The molecule has 0 amide bonds. The molecule has 2 aromatic rings.